The van der Waals surface area contributed by atoms with Gasteiger partial charge in [-0.2, -0.15) is 0 Å². The summed E-state index contributed by atoms with van der Waals surface area (Å²) in [6.07, 6.45) is 2.53. The van der Waals surface area contributed by atoms with Crippen molar-refractivity contribution >= 4 is 34.6 Å². The highest BCUT2D eigenvalue weighted by Crippen LogP contribution is 2.33. The average molecular weight is 455 g/mol. The molecule has 0 saturated carbocycles. The van der Waals surface area contributed by atoms with Gasteiger partial charge in [0.25, 0.3) is 17.4 Å². The highest BCUT2D eigenvalue weighted by molar-refractivity contribution is 6.03. The van der Waals surface area contributed by atoms with Crippen LogP contribution in [-0.4, -0.2) is 51.1 Å². The number of nitrogen functional groups attached to an aromatic ring is 1. The number of anilines is 2. The molecular weight excluding hydrogens is 430 g/mol. The summed E-state index contributed by atoms with van der Waals surface area (Å²) in [5.74, 6) is -0.448. The van der Waals surface area contributed by atoms with Crippen LogP contribution in [0.1, 0.15) is 31.1 Å². The van der Waals surface area contributed by atoms with Gasteiger partial charge in [-0.1, -0.05) is 0 Å². The number of hydrogen-bond donors (Lipinski definition) is 3. The minimum absolute atomic E-state index is 0.00447. The van der Waals surface area contributed by atoms with Crippen LogP contribution < -0.4 is 31.4 Å². The van der Waals surface area contributed by atoms with Gasteiger partial charge in [0, 0.05) is 25.0 Å². The second kappa shape index (κ2) is 9.94. The van der Waals surface area contributed by atoms with E-state index >= 15 is 0 Å². The number of amides is 2. The van der Waals surface area contributed by atoms with Gasteiger partial charge in [0.15, 0.2) is 18.1 Å². The SMILES string of the molecule is CCn1c(NC(=O)c2cnc(N)nc2)nc2c(OC)c(OCC(=O)NC(C)C)ccc2c1=O. The number of carbonyl (C=O) groups excluding carboxylic acids is 2. The molecule has 2 heterocycles. The number of ether oxygens (including phenoxy) is 2. The number of aromatic nitrogens is 4. The van der Waals surface area contributed by atoms with Crippen LogP contribution in [0, 0.1) is 0 Å². The Hall–Kier alpha value is -4.22. The second-order valence-electron chi connectivity index (χ2n) is 7.27. The zero-order valence-electron chi connectivity index (χ0n) is 18.7. The second-order valence-corrected chi connectivity index (χ2v) is 7.27. The largest absolute Gasteiger partial charge is 0.491 e. The van der Waals surface area contributed by atoms with Crippen molar-refractivity contribution in [1.29, 1.82) is 0 Å². The maximum Gasteiger partial charge on any atom is 0.262 e. The van der Waals surface area contributed by atoms with Crippen molar-refractivity contribution in [3.8, 4) is 11.5 Å². The Morgan fingerprint density at radius 1 is 1.21 bits per heavy atom. The number of benzene rings is 1. The first kappa shape index (κ1) is 23.4. The molecule has 1 aromatic carbocycles. The number of rotatable bonds is 8. The summed E-state index contributed by atoms with van der Waals surface area (Å²) in [7, 11) is 1.40. The van der Waals surface area contributed by atoms with Crippen molar-refractivity contribution in [3.63, 3.8) is 0 Å². The van der Waals surface area contributed by atoms with Crippen LogP contribution in [0.5, 0.6) is 11.5 Å². The van der Waals surface area contributed by atoms with E-state index in [-0.39, 0.29) is 70.5 Å². The quantitative estimate of drug-likeness (QED) is 0.449. The molecule has 0 aliphatic carbocycles. The molecule has 0 fully saturated rings. The molecule has 0 radical (unpaired) electrons. The molecule has 0 bridgehead atoms. The Bertz CT molecular complexity index is 1240. The van der Waals surface area contributed by atoms with Crippen LogP contribution in [0.2, 0.25) is 0 Å². The Kier molecular flexibility index (Phi) is 7.06. The zero-order chi connectivity index (χ0) is 24.1. The molecule has 0 atom stereocenters. The molecule has 0 unspecified atom stereocenters. The van der Waals surface area contributed by atoms with Gasteiger partial charge in [0.2, 0.25) is 11.9 Å². The molecule has 0 saturated heterocycles. The summed E-state index contributed by atoms with van der Waals surface area (Å²) in [5.41, 5.74) is 5.40. The Morgan fingerprint density at radius 2 is 1.91 bits per heavy atom. The molecule has 2 aromatic heterocycles. The van der Waals surface area contributed by atoms with Crippen molar-refractivity contribution in [1.82, 2.24) is 24.8 Å². The fraction of sp³-hybridized carbons (Fsp3) is 0.333. The topological polar surface area (TPSA) is 163 Å². The van der Waals surface area contributed by atoms with Crippen LogP contribution in [0.4, 0.5) is 11.9 Å². The van der Waals surface area contributed by atoms with E-state index < -0.39 is 5.91 Å². The molecule has 12 heteroatoms. The van der Waals surface area contributed by atoms with Crippen molar-refractivity contribution in [3.05, 3.63) is 40.4 Å². The van der Waals surface area contributed by atoms with E-state index in [0.29, 0.717) is 0 Å². The predicted molar refractivity (Wildman–Crippen MR) is 121 cm³/mol. The molecule has 3 aromatic rings. The van der Waals surface area contributed by atoms with Gasteiger partial charge in [0.05, 0.1) is 18.1 Å². The lowest BCUT2D eigenvalue weighted by Gasteiger charge is -2.16. The minimum atomic E-state index is -0.569. The van der Waals surface area contributed by atoms with Gasteiger partial charge in [-0.3, -0.25) is 24.3 Å². The van der Waals surface area contributed by atoms with E-state index in [1.807, 2.05) is 13.8 Å². The lowest BCUT2D eigenvalue weighted by Crippen LogP contribution is -2.34. The lowest BCUT2D eigenvalue weighted by atomic mass is 10.2. The normalized spacial score (nSPS) is 10.8. The first-order valence-corrected chi connectivity index (χ1v) is 10.2. The Balaban J connectivity index is 2.01. The Labute approximate surface area is 189 Å². The first-order valence-electron chi connectivity index (χ1n) is 10.2. The van der Waals surface area contributed by atoms with Crippen LogP contribution in [0.3, 0.4) is 0 Å². The van der Waals surface area contributed by atoms with E-state index in [1.54, 1.807) is 6.92 Å². The lowest BCUT2D eigenvalue weighted by molar-refractivity contribution is -0.123. The number of carbonyl (C=O) groups is 2. The Morgan fingerprint density at radius 3 is 2.52 bits per heavy atom. The van der Waals surface area contributed by atoms with Crippen molar-refractivity contribution in [2.75, 3.05) is 24.8 Å². The fourth-order valence-electron chi connectivity index (χ4n) is 3.08. The van der Waals surface area contributed by atoms with Crippen molar-refractivity contribution in [2.24, 2.45) is 0 Å². The maximum absolute atomic E-state index is 13.1. The number of methoxy groups -OCH3 is 1. The van der Waals surface area contributed by atoms with Crippen LogP contribution in [0.25, 0.3) is 10.9 Å². The van der Waals surface area contributed by atoms with Crippen LogP contribution in [0.15, 0.2) is 29.3 Å². The monoisotopic (exact) mass is 455 g/mol. The zero-order valence-corrected chi connectivity index (χ0v) is 18.7. The van der Waals surface area contributed by atoms with Crippen molar-refractivity contribution < 1.29 is 19.1 Å². The van der Waals surface area contributed by atoms with E-state index in [4.69, 9.17) is 15.2 Å². The van der Waals surface area contributed by atoms with E-state index in [0.717, 1.165) is 0 Å². The molecule has 2 amide bonds. The third kappa shape index (κ3) is 5.17. The molecular formula is C21H25N7O5. The summed E-state index contributed by atoms with van der Waals surface area (Å²) >= 11 is 0. The average Bonchev–Trinajstić information content (AvgIpc) is 2.77. The van der Waals surface area contributed by atoms with Gasteiger partial charge < -0.3 is 20.5 Å². The van der Waals surface area contributed by atoms with Crippen LogP contribution in [-0.2, 0) is 11.3 Å². The van der Waals surface area contributed by atoms with E-state index in [1.165, 1.54) is 36.2 Å². The number of nitrogens with zero attached hydrogens (tertiary/aromatic N) is 4. The number of fused-ring (bicyclic) bond motifs is 1. The maximum atomic E-state index is 13.1. The molecule has 174 valence electrons. The van der Waals surface area contributed by atoms with Crippen molar-refractivity contribution in [2.45, 2.75) is 33.4 Å². The summed E-state index contributed by atoms with van der Waals surface area (Å²) in [6, 6.07) is 3.04. The van der Waals surface area contributed by atoms with Crippen LogP contribution >= 0.6 is 0 Å². The number of nitrogens with one attached hydrogen (secondary N) is 2. The molecule has 33 heavy (non-hydrogen) atoms. The highest BCUT2D eigenvalue weighted by atomic mass is 16.5. The minimum Gasteiger partial charge on any atom is -0.491 e. The highest BCUT2D eigenvalue weighted by Gasteiger charge is 2.20. The predicted octanol–water partition coefficient (Wildman–Crippen LogP) is 0.953. The summed E-state index contributed by atoms with van der Waals surface area (Å²) in [6.45, 7) is 5.43. The van der Waals surface area contributed by atoms with Gasteiger partial charge in [-0.05, 0) is 32.9 Å². The standard InChI is InChI=1S/C21H25N7O5/c1-5-28-19(31)13-6-7-14(33-10-15(29)25-11(2)3)17(32-4)16(13)26-21(28)27-18(30)12-8-23-20(22)24-9-12/h6-9,11H,5,10H2,1-4H3,(H,25,29)(H2,22,23,24)(H,26,27,30). The van der Waals surface area contributed by atoms with E-state index in [2.05, 4.69) is 25.6 Å². The number of nitrogens with two attached hydrogens (primary N) is 1. The summed E-state index contributed by atoms with van der Waals surface area (Å²) in [5, 5.41) is 5.59. The number of hydrogen-bond acceptors (Lipinski definition) is 9. The molecule has 4 N–H and O–H groups in total. The molecule has 0 aliphatic heterocycles. The third-order valence-corrected chi connectivity index (χ3v) is 4.53. The van der Waals surface area contributed by atoms with Gasteiger partial charge in [0.1, 0.15) is 5.52 Å². The third-order valence-electron chi connectivity index (χ3n) is 4.53. The van der Waals surface area contributed by atoms with Gasteiger partial charge in [-0.15, -0.1) is 0 Å². The summed E-state index contributed by atoms with van der Waals surface area (Å²) in [4.78, 5) is 49.7. The fourth-order valence-corrected chi connectivity index (χ4v) is 3.08. The molecule has 0 spiro atoms. The molecule has 12 nitrogen and oxygen atoms in total. The first-order chi connectivity index (χ1) is 15.7. The smallest absolute Gasteiger partial charge is 0.262 e. The molecule has 0 aliphatic rings. The summed E-state index contributed by atoms with van der Waals surface area (Å²) < 4.78 is 12.4. The van der Waals surface area contributed by atoms with Gasteiger partial charge in [-0.25, -0.2) is 15.0 Å². The van der Waals surface area contributed by atoms with E-state index in [9.17, 15) is 14.4 Å². The van der Waals surface area contributed by atoms with Gasteiger partial charge >= 0.3 is 0 Å². The molecule has 3 rings (SSSR count).